The van der Waals surface area contributed by atoms with E-state index in [2.05, 4.69) is 15.7 Å². The molecule has 11 heteroatoms. The summed E-state index contributed by atoms with van der Waals surface area (Å²) < 4.78 is 28.6. The van der Waals surface area contributed by atoms with Crippen LogP contribution in [0.25, 0.3) is 0 Å². The zero-order valence-corrected chi connectivity index (χ0v) is 19.3. The van der Waals surface area contributed by atoms with E-state index in [1.807, 2.05) is 0 Å². The molecule has 0 aromatic heterocycles. The second-order valence-corrected chi connectivity index (χ2v) is 10.3. The first kappa shape index (κ1) is 23.4. The highest BCUT2D eigenvalue weighted by atomic mass is 32.2. The van der Waals surface area contributed by atoms with Crippen molar-refractivity contribution in [1.82, 2.24) is 5.01 Å². The Bertz CT molecular complexity index is 1240. The van der Waals surface area contributed by atoms with Crippen LogP contribution in [0.3, 0.4) is 0 Å². The summed E-state index contributed by atoms with van der Waals surface area (Å²) in [6.45, 7) is 0. The SMILES string of the molecule is COc1ccc(NC(=O)c2ccc(NC(=O)C3=NN(C4CCS(=O)(=O)C4)C(=O)CC3)cc2)cc1. The van der Waals surface area contributed by atoms with E-state index >= 15 is 0 Å². The van der Waals surface area contributed by atoms with Gasteiger partial charge in [-0.25, -0.2) is 13.4 Å². The Kier molecular flexibility index (Phi) is 6.64. The van der Waals surface area contributed by atoms with Crippen LogP contribution in [0.2, 0.25) is 0 Å². The van der Waals surface area contributed by atoms with E-state index in [9.17, 15) is 22.8 Å². The summed E-state index contributed by atoms with van der Waals surface area (Å²) in [5.74, 6) is -0.518. The number of methoxy groups -OCH3 is 1. The van der Waals surface area contributed by atoms with Crippen LogP contribution in [0.15, 0.2) is 53.6 Å². The lowest BCUT2D eigenvalue weighted by molar-refractivity contribution is -0.133. The van der Waals surface area contributed by atoms with E-state index in [0.29, 0.717) is 29.1 Å². The molecule has 0 saturated carbocycles. The summed E-state index contributed by atoms with van der Waals surface area (Å²) in [4.78, 5) is 37.4. The number of nitrogens with one attached hydrogen (secondary N) is 2. The van der Waals surface area contributed by atoms with Crippen LogP contribution in [-0.2, 0) is 19.4 Å². The topological polar surface area (TPSA) is 134 Å². The third-order valence-electron chi connectivity index (χ3n) is 5.63. The lowest BCUT2D eigenvalue weighted by atomic mass is 10.1. The zero-order chi connectivity index (χ0) is 24.3. The Hall–Kier alpha value is -3.73. The van der Waals surface area contributed by atoms with E-state index in [-0.39, 0.29) is 41.9 Å². The van der Waals surface area contributed by atoms with Crippen molar-refractivity contribution in [2.45, 2.75) is 25.3 Å². The first-order chi connectivity index (χ1) is 16.2. The molecule has 1 unspecified atom stereocenters. The van der Waals surface area contributed by atoms with Gasteiger partial charge in [-0.1, -0.05) is 0 Å². The van der Waals surface area contributed by atoms with Gasteiger partial charge >= 0.3 is 0 Å². The number of sulfone groups is 1. The van der Waals surface area contributed by atoms with Gasteiger partial charge in [0.15, 0.2) is 9.84 Å². The summed E-state index contributed by atoms with van der Waals surface area (Å²) in [6.07, 6.45) is 0.572. The molecular weight excluding hydrogens is 460 g/mol. The fourth-order valence-corrected chi connectivity index (χ4v) is 5.47. The molecule has 1 saturated heterocycles. The van der Waals surface area contributed by atoms with Crippen LogP contribution in [0.1, 0.15) is 29.6 Å². The molecule has 0 bridgehead atoms. The summed E-state index contributed by atoms with van der Waals surface area (Å²) >= 11 is 0. The molecule has 0 aliphatic carbocycles. The van der Waals surface area contributed by atoms with Gasteiger partial charge in [0.25, 0.3) is 11.8 Å². The maximum absolute atomic E-state index is 12.7. The van der Waals surface area contributed by atoms with E-state index in [0.717, 1.165) is 5.01 Å². The molecule has 34 heavy (non-hydrogen) atoms. The molecule has 0 spiro atoms. The minimum Gasteiger partial charge on any atom is -0.497 e. The summed E-state index contributed by atoms with van der Waals surface area (Å²) in [6, 6.07) is 12.7. The number of hydrogen-bond donors (Lipinski definition) is 2. The predicted molar refractivity (Wildman–Crippen MR) is 127 cm³/mol. The van der Waals surface area contributed by atoms with Gasteiger partial charge in [-0.15, -0.1) is 0 Å². The third-order valence-corrected chi connectivity index (χ3v) is 7.38. The van der Waals surface area contributed by atoms with Gasteiger partial charge in [0.05, 0.1) is 24.7 Å². The molecule has 3 amide bonds. The number of carbonyl (C=O) groups excluding carboxylic acids is 3. The molecule has 4 rings (SSSR count). The summed E-state index contributed by atoms with van der Waals surface area (Å²) in [5, 5.41) is 10.8. The molecule has 2 aliphatic heterocycles. The van der Waals surface area contributed by atoms with Crippen LogP contribution in [0, 0.1) is 0 Å². The van der Waals surface area contributed by atoms with Crippen molar-refractivity contribution < 1.29 is 27.5 Å². The van der Waals surface area contributed by atoms with Crippen molar-refractivity contribution in [3.63, 3.8) is 0 Å². The molecule has 178 valence electrons. The van der Waals surface area contributed by atoms with Crippen LogP contribution in [-0.4, -0.2) is 61.5 Å². The van der Waals surface area contributed by atoms with Gasteiger partial charge in [0.2, 0.25) is 5.91 Å². The number of hydrogen-bond acceptors (Lipinski definition) is 7. The lowest BCUT2D eigenvalue weighted by Crippen LogP contribution is -2.42. The summed E-state index contributed by atoms with van der Waals surface area (Å²) in [5.41, 5.74) is 1.64. The largest absolute Gasteiger partial charge is 0.497 e. The number of ether oxygens (including phenoxy) is 1. The minimum absolute atomic E-state index is 0.0108. The van der Waals surface area contributed by atoms with E-state index < -0.39 is 21.8 Å². The van der Waals surface area contributed by atoms with Crippen LogP contribution < -0.4 is 15.4 Å². The number of rotatable bonds is 6. The highest BCUT2D eigenvalue weighted by Gasteiger charge is 2.37. The fourth-order valence-electron chi connectivity index (χ4n) is 3.77. The van der Waals surface area contributed by atoms with Crippen molar-refractivity contribution >= 4 is 44.6 Å². The molecule has 2 N–H and O–H groups in total. The van der Waals surface area contributed by atoms with E-state index in [1.165, 1.54) is 0 Å². The quantitative estimate of drug-likeness (QED) is 0.645. The normalized spacial score (nSPS) is 19.3. The average Bonchev–Trinajstić information content (AvgIpc) is 3.19. The number of benzene rings is 2. The molecule has 2 aliphatic rings. The molecule has 10 nitrogen and oxygen atoms in total. The van der Waals surface area contributed by atoms with E-state index in [1.54, 1.807) is 55.6 Å². The first-order valence-corrected chi connectivity index (χ1v) is 12.5. The van der Waals surface area contributed by atoms with Crippen molar-refractivity contribution in [2.24, 2.45) is 5.10 Å². The molecule has 2 heterocycles. The minimum atomic E-state index is -3.19. The molecule has 2 aromatic rings. The molecule has 2 aromatic carbocycles. The highest BCUT2D eigenvalue weighted by Crippen LogP contribution is 2.23. The van der Waals surface area contributed by atoms with Gasteiger partial charge in [-0.2, -0.15) is 5.10 Å². The van der Waals surface area contributed by atoms with Crippen LogP contribution >= 0.6 is 0 Å². The van der Waals surface area contributed by atoms with E-state index in [4.69, 9.17) is 4.74 Å². The first-order valence-electron chi connectivity index (χ1n) is 10.7. The van der Waals surface area contributed by atoms with Crippen molar-refractivity contribution in [3.05, 3.63) is 54.1 Å². The maximum atomic E-state index is 12.7. The molecule has 0 radical (unpaired) electrons. The number of amides is 3. The monoisotopic (exact) mass is 484 g/mol. The van der Waals surface area contributed by atoms with Gasteiger partial charge in [-0.3, -0.25) is 14.4 Å². The van der Waals surface area contributed by atoms with Gasteiger partial charge in [-0.05, 0) is 55.0 Å². The Morgan fingerprint density at radius 1 is 0.971 bits per heavy atom. The second-order valence-electron chi connectivity index (χ2n) is 8.06. The standard InChI is InChI=1S/C23H24N4O6S/c1-33-19-8-6-17(7-9-19)24-22(29)15-2-4-16(5-3-15)25-23(30)20-10-11-21(28)27(26-20)18-12-13-34(31,32)14-18/h2-9,18H,10-14H2,1H3,(H,24,29)(H,25,30). The fraction of sp³-hybridized carbons (Fsp3) is 0.304. The Morgan fingerprint density at radius 3 is 2.18 bits per heavy atom. The third kappa shape index (κ3) is 5.42. The Morgan fingerprint density at radius 2 is 1.59 bits per heavy atom. The van der Waals surface area contributed by atoms with Crippen molar-refractivity contribution in [2.75, 3.05) is 29.2 Å². The van der Waals surface area contributed by atoms with Gasteiger partial charge < -0.3 is 15.4 Å². The van der Waals surface area contributed by atoms with Crippen LogP contribution in [0.4, 0.5) is 11.4 Å². The second kappa shape index (κ2) is 9.64. The van der Waals surface area contributed by atoms with Crippen molar-refractivity contribution in [1.29, 1.82) is 0 Å². The summed E-state index contributed by atoms with van der Waals surface area (Å²) in [7, 11) is -1.63. The number of carbonyl (C=O) groups is 3. The lowest BCUT2D eigenvalue weighted by Gasteiger charge is -2.27. The molecular formula is C23H24N4O6S. The molecule has 1 fully saturated rings. The molecule has 1 atom stereocenters. The number of nitrogens with zero attached hydrogens (tertiary/aromatic N) is 2. The highest BCUT2D eigenvalue weighted by molar-refractivity contribution is 7.91. The maximum Gasteiger partial charge on any atom is 0.271 e. The Labute approximate surface area is 196 Å². The van der Waals surface area contributed by atoms with Crippen LogP contribution in [0.5, 0.6) is 5.75 Å². The average molecular weight is 485 g/mol. The number of anilines is 2. The van der Waals surface area contributed by atoms with Gasteiger partial charge in [0.1, 0.15) is 11.5 Å². The Balaban J connectivity index is 1.38. The van der Waals surface area contributed by atoms with Crippen molar-refractivity contribution in [3.8, 4) is 5.75 Å². The predicted octanol–water partition coefficient (Wildman–Crippen LogP) is 2.05. The number of hydrazone groups is 1. The van der Waals surface area contributed by atoms with Gasteiger partial charge in [0, 0.05) is 29.8 Å². The smallest absolute Gasteiger partial charge is 0.271 e. The zero-order valence-electron chi connectivity index (χ0n) is 18.5.